The molecule has 0 aromatic heterocycles. The number of rotatable bonds is 53. The highest BCUT2D eigenvalue weighted by molar-refractivity contribution is 7.47. The molecule has 0 aliphatic carbocycles. The van der Waals surface area contributed by atoms with Gasteiger partial charge in [0.25, 0.3) is 0 Å². The van der Waals surface area contributed by atoms with Gasteiger partial charge in [-0.3, -0.25) is 23.4 Å². The van der Waals surface area contributed by atoms with Crippen LogP contribution in [0.1, 0.15) is 239 Å². The minimum absolute atomic E-state index is 0.0398. The van der Waals surface area contributed by atoms with Gasteiger partial charge in [-0.15, -0.1) is 0 Å². The highest BCUT2D eigenvalue weighted by Crippen LogP contribution is 2.43. The molecule has 0 aliphatic heterocycles. The van der Waals surface area contributed by atoms with E-state index in [1.54, 1.807) is 0 Å². The van der Waals surface area contributed by atoms with Crippen LogP contribution in [0.3, 0.4) is 0 Å². The summed E-state index contributed by atoms with van der Waals surface area (Å²) in [6.45, 7) is 4.41. The summed E-state index contributed by atoms with van der Waals surface area (Å²) in [7, 11) is -4.77. The molecule has 0 amide bonds. The molecule has 0 spiro atoms. The Morgan fingerprint density at radius 1 is 0.392 bits per heavy atom. The van der Waals surface area contributed by atoms with Crippen LogP contribution in [0.25, 0.3) is 0 Å². The standard InChI is InChI=1S/C62H105O11P/c1-4-7-10-13-16-19-22-24-26-28-29-31-33-35-38-41-44-47-50-53-62(66)73-59(55-69-60(64)51-48-45-42-39-36-21-18-15-12-9-6-3)57-71-74(67,68)70-56-58(54-63)72-61(65)52-49-46-43-40-37-34-32-30-27-25-23-20-17-14-11-8-5-2/h7,10,16-17,19-20,24-27,29,31,35,38,44,47,58-59,63H,4-6,8-9,11-15,18,21-23,28,30,32-34,36-37,39-43,45-46,48-57H2,1-3H3,(H,67,68)/b10-7-,19-16-,20-17-,26-24-,27-25-,31-29-,38-35-,47-44-. The second-order valence-electron chi connectivity index (χ2n) is 19.1. The van der Waals surface area contributed by atoms with E-state index in [2.05, 4.69) is 106 Å². The topological polar surface area (TPSA) is 155 Å². The van der Waals surface area contributed by atoms with Gasteiger partial charge < -0.3 is 24.2 Å². The number of ether oxygens (including phenoxy) is 3. The third-order valence-electron chi connectivity index (χ3n) is 12.0. The van der Waals surface area contributed by atoms with Gasteiger partial charge in [0, 0.05) is 19.3 Å². The number of phosphoric acid groups is 1. The van der Waals surface area contributed by atoms with Crippen molar-refractivity contribution in [2.75, 3.05) is 26.4 Å². The van der Waals surface area contributed by atoms with Crippen LogP contribution >= 0.6 is 7.82 Å². The summed E-state index contributed by atoms with van der Waals surface area (Å²) in [5, 5.41) is 9.82. The van der Waals surface area contributed by atoms with Crippen molar-refractivity contribution < 1.29 is 52.2 Å². The molecule has 11 nitrogen and oxygen atoms in total. The van der Waals surface area contributed by atoms with E-state index >= 15 is 0 Å². The van der Waals surface area contributed by atoms with Crippen molar-refractivity contribution >= 4 is 25.7 Å². The van der Waals surface area contributed by atoms with Crippen molar-refractivity contribution in [3.63, 3.8) is 0 Å². The summed E-state index contributed by atoms with van der Waals surface area (Å²) >= 11 is 0. The smallest absolute Gasteiger partial charge is 0.462 e. The molecule has 424 valence electrons. The molecule has 0 saturated heterocycles. The van der Waals surface area contributed by atoms with Gasteiger partial charge in [-0.25, -0.2) is 4.57 Å². The lowest BCUT2D eigenvalue weighted by atomic mass is 10.1. The number of aliphatic hydroxyl groups is 1. The molecule has 0 fully saturated rings. The Hall–Kier alpha value is -3.60. The molecule has 0 rings (SSSR count). The molecule has 2 N–H and O–H groups in total. The fourth-order valence-corrected chi connectivity index (χ4v) is 8.37. The van der Waals surface area contributed by atoms with Gasteiger partial charge in [0.2, 0.25) is 0 Å². The average Bonchev–Trinajstić information content (AvgIpc) is 3.39. The molecule has 3 unspecified atom stereocenters. The van der Waals surface area contributed by atoms with E-state index < -0.39 is 57.8 Å². The Labute approximate surface area is 451 Å². The quantitative estimate of drug-likeness (QED) is 0.0197. The van der Waals surface area contributed by atoms with Crippen LogP contribution in [0.5, 0.6) is 0 Å². The van der Waals surface area contributed by atoms with Crippen LogP contribution < -0.4 is 0 Å². The zero-order valence-corrected chi connectivity index (χ0v) is 47.7. The molecule has 0 aromatic rings. The van der Waals surface area contributed by atoms with Crippen LogP contribution in [0.2, 0.25) is 0 Å². The van der Waals surface area contributed by atoms with Crippen molar-refractivity contribution in [1.29, 1.82) is 0 Å². The fraction of sp³-hybridized carbons (Fsp3) is 0.694. The zero-order valence-electron chi connectivity index (χ0n) is 46.8. The van der Waals surface area contributed by atoms with Crippen molar-refractivity contribution in [2.45, 2.75) is 251 Å². The lowest BCUT2D eigenvalue weighted by Gasteiger charge is -2.21. The third-order valence-corrected chi connectivity index (χ3v) is 13.0. The van der Waals surface area contributed by atoms with E-state index in [0.717, 1.165) is 89.9 Å². The molecule has 74 heavy (non-hydrogen) atoms. The largest absolute Gasteiger partial charge is 0.472 e. The normalized spacial score (nSPS) is 14.1. The number of allylic oxidation sites excluding steroid dienone is 16. The second kappa shape index (κ2) is 55.6. The fourth-order valence-electron chi connectivity index (χ4n) is 7.59. The molecular weight excluding hydrogens is 952 g/mol. The maximum Gasteiger partial charge on any atom is 0.472 e. The van der Waals surface area contributed by atoms with Crippen LogP contribution in [-0.2, 0) is 42.2 Å². The lowest BCUT2D eigenvalue weighted by Crippen LogP contribution is -2.30. The van der Waals surface area contributed by atoms with Crippen LogP contribution in [0, 0.1) is 0 Å². The molecule has 0 aliphatic rings. The molecular formula is C62H105O11P. The first-order valence-electron chi connectivity index (χ1n) is 29.1. The summed E-state index contributed by atoms with van der Waals surface area (Å²) in [5.74, 6) is -1.58. The van der Waals surface area contributed by atoms with Gasteiger partial charge in [0.1, 0.15) is 12.7 Å². The van der Waals surface area contributed by atoms with Crippen molar-refractivity contribution in [2.24, 2.45) is 0 Å². The molecule has 0 aromatic carbocycles. The zero-order chi connectivity index (χ0) is 54.1. The predicted octanol–water partition coefficient (Wildman–Crippen LogP) is 17.3. The molecule has 0 saturated carbocycles. The summed E-state index contributed by atoms with van der Waals surface area (Å²) in [4.78, 5) is 48.5. The summed E-state index contributed by atoms with van der Waals surface area (Å²) in [6, 6.07) is 0. The van der Waals surface area contributed by atoms with E-state index in [0.29, 0.717) is 25.7 Å². The maximum atomic E-state index is 12.9. The summed E-state index contributed by atoms with van der Waals surface area (Å²) < 4.78 is 39.4. The highest BCUT2D eigenvalue weighted by Gasteiger charge is 2.28. The first-order chi connectivity index (χ1) is 36.2. The number of unbranched alkanes of at least 4 members (excludes halogenated alkanes) is 20. The van der Waals surface area contributed by atoms with Crippen LogP contribution in [0.15, 0.2) is 97.2 Å². The van der Waals surface area contributed by atoms with Gasteiger partial charge in [-0.1, -0.05) is 227 Å². The molecule has 0 bridgehead atoms. The number of aliphatic hydroxyl groups excluding tert-OH is 1. The molecule has 12 heteroatoms. The average molecular weight is 1060 g/mol. The Bertz CT molecular complexity index is 1610. The van der Waals surface area contributed by atoms with E-state index in [-0.39, 0.29) is 25.9 Å². The molecule has 0 radical (unpaired) electrons. The Morgan fingerprint density at radius 2 is 0.730 bits per heavy atom. The molecule has 3 atom stereocenters. The first-order valence-corrected chi connectivity index (χ1v) is 30.6. The van der Waals surface area contributed by atoms with E-state index in [1.807, 2.05) is 12.2 Å². The van der Waals surface area contributed by atoms with Crippen LogP contribution in [0.4, 0.5) is 0 Å². The van der Waals surface area contributed by atoms with Crippen LogP contribution in [-0.4, -0.2) is 66.5 Å². The Kier molecular flexibility index (Phi) is 52.9. The SMILES string of the molecule is CC/C=C\C/C=C\C/C=C\C/C=C\C/C=C\C/C=C\CCC(=O)OC(COC(=O)CCCCCCCCCCCCC)COP(=O)(O)OCC(CO)OC(=O)CCCCCCCCC/C=C\C/C=C\CCCCC. The number of carbonyl (C=O) groups excluding carboxylic acids is 3. The van der Waals surface area contributed by atoms with Crippen molar-refractivity contribution in [1.82, 2.24) is 0 Å². The van der Waals surface area contributed by atoms with E-state index in [9.17, 15) is 28.9 Å². The van der Waals surface area contributed by atoms with E-state index in [4.69, 9.17) is 23.3 Å². The van der Waals surface area contributed by atoms with Gasteiger partial charge in [-0.2, -0.15) is 0 Å². The Morgan fingerprint density at radius 3 is 1.19 bits per heavy atom. The van der Waals surface area contributed by atoms with Gasteiger partial charge in [-0.05, 0) is 89.9 Å². The number of phosphoric ester groups is 1. The molecule has 0 heterocycles. The number of esters is 3. The summed E-state index contributed by atoms with van der Waals surface area (Å²) in [5.41, 5.74) is 0. The third kappa shape index (κ3) is 53.2. The minimum Gasteiger partial charge on any atom is -0.462 e. The summed E-state index contributed by atoms with van der Waals surface area (Å²) in [6.07, 6.45) is 65.2. The first kappa shape index (κ1) is 70.4. The predicted molar refractivity (Wildman–Crippen MR) is 307 cm³/mol. The number of carbonyl (C=O) groups is 3. The second-order valence-corrected chi connectivity index (χ2v) is 20.5. The number of hydrogen-bond acceptors (Lipinski definition) is 10. The van der Waals surface area contributed by atoms with Gasteiger partial charge in [0.15, 0.2) is 6.10 Å². The minimum atomic E-state index is -4.77. The highest BCUT2D eigenvalue weighted by atomic mass is 31.2. The van der Waals surface area contributed by atoms with Crippen molar-refractivity contribution in [3.05, 3.63) is 97.2 Å². The van der Waals surface area contributed by atoms with E-state index in [1.165, 1.54) is 83.5 Å². The van der Waals surface area contributed by atoms with Crippen molar-refractivity contribution in [3.8, 4) is 0 Å². The van der Waals surface area contributed by atoms with Gasteiger partial charge >= 0.3 is 25.7 Å². The van der Waals surface area contributed by atoms with Gasteiger partial charge in [0.05, 0.1) is 19.8 Å². The maximum absolute atomic E-state index is 12.9. The number of hydrogen-bond donors (Lipinski definition) is 2. The monoisotopic (exact) mass is 1060 g/mol. The Balaban J connectivity index is 4.78. The lowest BCUT2D eigenvalue weighted by molar-refractivity contribution is -0.161.